The van der Waals surface area contributed by atoms with Crippen molar-refractivity contribution in [2.45, 2.75) is 19.3 Å². The number of hydrogen-bond acceptors (Lipinski definition) is 6. The lowest BCUT2D eigenvalue weighted by atomic mass is 9.81. The van der Waals surface area contributed by atoms with Crippen LogP contribution in [-0.2, 0) is 19.1 Å². The van der Waals surface area contributed by atoms with Crippen LogP contribution in [0.3, 0.4) is 0 Å². The van der Waals surface area contributed by atoms with Crippen LogP contribution in [0.4, 0.5) is 5.69 Å². The van der Waals surface area contributed by atoms with Crippen molar-refractivity contribution in [1.29, 1.82) is 0 Å². The number of carbonyl (C=O) groups excluding carboxylic acids is 5. The molecule has 0 radical (unpaired) electrons. The number of ether oxygens (including phenoxy) is 1. The molecule has 4 amide bonds. The molecule has 2 N–H and O–H groups in total. The number of benzene rings is 2. The van der Waals surface area contributed by atoms with Crippen molar-refractivity contribution >= 4 is 35.3 Å². The Labute approximate surface area is 195 Å². The summed E-state index contributed by atoms with van der Waals surface area (Å²) in [5, 5.41) is 0. The lowest BCUT2D eigenvalue weighted by Gasteiger charge is -2.19. The molecule has 2 aliphatic carbocycles. The molecule has 2 bridgehead atoms. The predicted molar refractivity (Wildman–Crippen MR) is 119 cm³/mol. The zero-order chi connectivity index (χ0) is 23.8. The number of hydrogen-bond donors (Lipinski definition) is 2. The van der Waals surface area contributed by atoms with Crippen LogP contribution in [0.25, 0.3) is 0 Å². The van der Waals surface area contributed by atoms with Crippen LogP contribution in [0.15, 0.2) is 54.6 Å². The number of nitrogens with one attached hydrogen (secondary N) is 2. The van der Waals surface area contributed by atoms with Crippen LogP contribution in [0, 0.1) is 23.7 Å². The largest absolute Gasteiger partial charge is 0.452 e. The van der Waals surface area contributed by atoms with E-state index in [-0.39, 0.29) is 29.2 Å². The van der Waals surface area contributed by atoms with E-state index >= 15 is 0 Å². The van der Waals surface area contributed by atoms with Gasteiger partial charge >= 0.3 is 5.97 Å². The Balaban J connectivity index is 1.14. The van der Waals surface area contributed by atoms with Gasteiger partial charge in [-0.25, -0.2) is 4.79 Å². The topological polar surface area (TPSA) is 122 Å². The summed E-state index contributed by atoms with van der Waals surface area (Å²) in [5.41, 5.74) is 5.38. The molecule has 5 rings (SSSR count). The van der Waals surface area contributed by atoms with Crippen molar-refractivity contribution in [2.24, 2.45) is 23.7 Å². The van der Waals surface area contributed by atoms with Crippen LogP contribution >= 0.6 is 0 Å². The standard InChI is InChI=1S/C25H23N3O6/c29-19(26-27-22(30)14-4-2-1-3-5-14)13-34-25(33)15-8-10-18(11-9-15)28-23(31)20-16-6-7-17(12-16)21(20)24(28)32/h1-5,8-11,16-17,20-21H,6-7,12-13H2,(H,26,29)(H,27,30)/t16-,17-,20+,21+/m0/s1. The third-order valence-electron chi connectivity index (χ3n) is 6.97. The second kappa shape index (κ2) is 8.74. The average molecular weight is 461 g/mol. The van der Waals surface area contributed by atoms with Gasteiger partial charge in [0, 0.05) is 5.56 Å². The van der Waals surface area contributed by atoms with Gasteiger partial charge in [0.1, 0.15) is 0 Å². The minimum Gasteiger partial charge on any atom is -0.452 e. The maximum atomic E-state index is 12.9. The van der Waals surface area contributed by atoms with Crippen molar-refractivity contribution in [3.05, 3.63) is 65.7 Å². The van der Waals surface area contributed by atoms with E-state index in [0.717, 1.165) is 19.3 Å². The van der Waals surface area contributed by atoms with Gasteiger partial charge in [-0.15, -0.1) is 0 Å². The summed E-state index contributed by atoms with van der Waals surface area (Å²) in [6.07, 6.45) is 2.98. The number of imide groups is 1. The number of amides is 4. The van der Waals surface area contributed by atoms with Gasteiger partial charge in [0.15, 0.2) is 6.61 Å². The first-order valence-corrected chi connectivity index (χ1v) is 11.2. The third-order valence-corrected chi connectivity index (χ3v) is 6.97. The first kappa shape index (κ1) is 21.8. The zero-order valence-electron chi connectivity index (χ0n) is 18.2. The van der Waals surface area contributed by atoms with Crippen molar-refractivity contribution in [1.82, 2.24) is 10.9 Å². The quantitative estimate of drug-likeness (QED) is 0.398. The van der Waals surface area contributed by atoms with Gasteiger partial charge in [-0.05, 0) is 67.5 Å². The summed E-state index contributed by atoms with van der Waals surface area (Å²) in [7, 11) is 0. The third kappa shape index (κ3) is 3.83. The number of carbonyl (C=O) groups is 5. The highest BCUT2D eigenvalue weighted by atomic mass is 16.5. The van der Waals surface area contributed by atoms with Crippen LogP contribution in [0.5, 0.6) is 0 Å². The number of fused-ring (bicyclic) bond motifs is 5. The first-order valence-electron chi connectivity index (χ1n) is 11.2. The highest BCUT2D eigenvalue weighted by Gasteiger charge is 2.61. The monoisotopic (exact) mass is 461 g/mol. The Morgan fingerprint density at radius 3 is 2.06 bits per heavy atom. The molecule has 0 spiro atoms. The molecule has 34 heavy (non-hydrogen) atoms. The molecule has 1 saturated heterocycles. The van der Waals surface area contributed by atoms with E-state index in [9.17, 15) is 24.0 Å². The number of hydrazine groups is 1. The normalized spacial score (nSPS) is 24.6. The number of rotatable bonds is 5. The minimum atomic E-state index is -0.745. The first-order chi connectivity index (χ1) is 16.4. The Morgan fingerprint density at radius 2 is 1.44 bits per heavy atom. The molecular weight excluding hydrogens is 438 g/mol. The Kier molecular flexibility index (Phi) is 5.61. The molecule has 1 aliphatic heterocycles. The van der Waals surface area contributed by atoms with E-state index in [0.29, 0.717) is 23.1 Å². The Hall–Kier alpha value is -4.01. The summed E-state index contributed by atoms with van der Waals surface area (Å²) < 4.78 is 4.98. The zero-order valence-corrected chi connectivity index (χ0v) is 18.2. The maximum absolute atomic E-state index is 12.9. The summed E-state index contributed by atoms with van der Waals surface area (Å²) in [6, 6.07) is 14.3. The summed E-state index contributed by atoms with van der Waals surface area (Å²) in [5.74, 6) is -2.07. The van der Waals surface area contributed by atoms with Gasteiger partial charge in [-0.2, -0.15) is 0 Å². The minimum absolute atomic E-state index is 0.147. The van der Waals surface area contributed by atoms with Gasteiger partial charge in [0.2, 0.25) is 11.8 Å². The molecule has 2 aromatic rings. The second-order valence-corrected chi connectivity index (χ2v) is 8.89. The molecule has 3 fully saturated rings. The maximum Gasteiger partial charge on any atom is 0.338 e. The fourth-order valence-corrected chi connectivity index (χ4v) is 5.45. The van der Waals surface area contributed by atoms with E-state index < -0.39 is 24.4 Å². The predicted octanol–water partition coefficient (Wildman–Crippen LogP) is 1.84. The van der Waals surface area contributed by atoms with Crippen LogP contribution < -0.4 is 15.8 Å². The van der Waals surface area contributed by atoms with E-state index in [4.69, 9.17) is 4.74 Å². The fraction of sp³-hybridized carbons (Fsp3) is 0.320. The van der Waals surface area contributed by atoms with Gasteiger partial charge in [0.05, 0.1) is 23.1 Å². The molecule has 0 unspecified atom stereocenters. The van der Waals surface area contributed by atoms with Gasteiger partial charge in [0.25, 0.3) is 11.8 Å². The SMILES string of the molecule is O=C(COC(=O)c1ccc(N2C(=O)[C@@H]3[C@H]4CC[C@@H](C4)[C@H]3C2=O)cc1)NNC(=O)c1ccccc1. The molecule has 2 saturated carbocycles. The molecule has 1 heterocycles. The average Bonchev–Trinajstić information content (AvgIpc) is 3.55. The summed E-state index contributed by atoms with van der Waals surface area (Å²) in [4.78, 5) is 63.2. The van der Waals surface area contributed by atoms with Gasteiger partial charge < -0.3 is 4.74 Å². The van der Waals surface area contributed by atoms with Crippen molar-refractivity contribution in [3.8, 4) is 0 Å². The molecule has 174 valence electrons. The molecule has 9 nitrogen and oxygen atoms in total. The highest BCUT2D eigenvalue weighted by molar-refractivity contribution is 6.22. The molecule has 4 atom stereocenters. The second-order valence-electron chi connectivity index (χ2n) is 8.89. The van der Waals surface area contributed by atoms with Crippen LogP contribution in [0.2, 0.25) is 0 Å². The van der Waals surface area contributed by atoms with Crippen LogP contribution in [0.1, 0.15) is 40.0 Å². The Morgan fingerprint density at radius 1 is 0.824 bits per heavy atom. The van der Waals surface area contributed by atoms with Gasteiger partial charge in [-0.3, -0.25) is 34.9 Å². The molecule has 0 aromatic heterocycles. The molecule has 2 aromatic carbocycles. The lowest BCUT2D eigenvalue weighted by Crippen LogP contribution is -2.43. The van der Waals surface area contributed by atoms with E-state index in [1.165, 1.54) is 29.2 Å². The summed E-state index contributed by atoms with van der Waals surface area (Å²) in [6.45, 7) is -0.592. The van der Waals surface area contributed by atoms with Crippen molar-refractivity contribution < 1.29 is 28.7 Å². The molecule has 3 aliphatic rings. The van der Waals surface area contributed by atoms with E-state index in [1.54, 1.807) is 30.3 Å². The molecular formula is C25H23N3O6. The van der Waals surface area contributed by atoms with Crippen LogP contribution in [-0.4, -0.2) is 36.2 Å². The lowest BCUT2D eigenvalue weighted by molar-refractivity contribution is -0.125. The fourth-order valence-electron chi connectivity index (χ4n) is 5.45. The number of esters is 1. The number of nitrogens with zero attached hydrogens (tertiary/aromatic N) is 1. The smallest absolute Gasteiger partial charge is 0.338 e. The highest BCUT2D eigenvalue weighted by Crippen LogP contribution is 2.56. The van der Waals surface area contributed by atoms with E-state index in [1.807, 2.05) is 0 Å². The van der Waals surface area contributed by atoms with E-state index in [2.05, 4.69) is 10.9 Å². The number of anilines is 1. The molecule has 9 heteroatoms. The Bertz CT molecular complexity index is 1130. The van der Waals surface area contributed by atoms with Crippen molar-refractivity contribution in [3.63, 3.8) is 0 Å². The van der Waals surface area contributed by atoms with Gasteiger partial charge in [-0.1, -0.05) is 18.2 Å². The van der Waals surface area contributed by atoms with Crippen molar-refractivity contribution in [2.75, 3.05) is 11.5 Å². The summed E-state index contributed by atoms with van der Waals surface area (Å²) >= 11 is 0.